The fourth-order valence-electron chi connectivity index (χ4n) is 4.16. The summed E-state index contributed by atoms with van der Waals surface area (Å²) in [5, 5.41) is 10.9. The molecule has 6 rings (SSSR count). The van der Waals surface area contributed by atoms with Crippen LogP contribution in [0.3, 0.4) is 0 Å². The maximum Gasteiger partial charge on any atom is 0.224 e. The average molecular weight is 513 g/mol. The van der Waals surface area contributed by atoms with E-state index in [2.05, 4.69) is 35.5 Å². The van der Waals surface area contributed by atoms with E-state index in [4.69, 9.17) is 4.98 Å². The molecule has 0 saturated carbocycles. The van der Waals surface area contributed by atoms with Crippen molar-refractivity contribution in [2.45, 2.75) is 20.3 Å². The molecular weight excluding hydrogens is 491 g/mol. The number of anilines is 1. The van der Waals surface area contributed by atoms with Crippen LogP contribution >= 0.6 is 11.3 Å². The number of aromatic amines is 2. The minimum absolute atomic E-state index is 0.0569. The Hall–Kier alpha value is -4.51. The van der Waals surface area contributed by atoms with Gasteiger partial charge in [-0.2, -0.15) is 9.49 Å². The number of pyridine rings is 3. The molecule has 0 spiro atoms. The van der Waals surface area contributed by atoms with Gasteiger partial charge in [-0.3, -0.25) is 24.8 Å². The Morgan fingerprint density at radius 2 is 1.97 bits per heavy atom. The number of aromatic nitrogens is 7. The van der Waals surface area contributed by atoms with E-state index in [1.54, 1.807) is 30.9 Å². The van der Waals surface area contributed by atoms with Gasteiger partial charge in [0.1, 0.15) is 16.9 Å². The lowest BCUT2D eigenvalue weighted by atomic mass is 10.1. The predicted molar refractivity (Wildman–Crippen MR) is 141 cm³/mol. The summed E-state index contributed by atoms with van der Waals surface area (Å²) in [5.41, 5.74) is 5.42. The maximum absolute atomic E-state index is 13.6. The zero-order valence-corrected chi connectivity index (χ0v) is 20.7. The molecule has 0 aliphatic heterocycles. The lowest BCUT2D eigenvalue weighted by Gasteiger charge is -2.08. The molecule has 0 atom stereocenters. The second-order valence-electron chi connectivity index (χ2n) is 9.04. The van der Waals surface area contributed by atoms with Crippen molar-refractivity contribution in [1.29, 1.82) is 0 Å². The molecule has 0 aliphatic rings. The van der Waals surface area contributed by atoms with Crippen LogP contribution in [0.2, 0.25) is 0 Å². The van der Waals surface area contributed by atoms with Crippen molar-refractivity contribution in [3.63, 3.8) is 0 Å². The van der Waals surface area contributed by atoms with Crippen LogP contribution in [0.15, 0.2) is 55.1 Å². The Balaban J connectivity index is 1.38. The fourth-order valence-corrected chi connectivity index (χ4v) is 4.88. The van der Waals surface area contributed by atoms with E-state index < -0.39 is 0 Å². The third kappa shape index (κ3) is 4.45. The summed E-state index contributed by atoms with van der Waals surface area (Å²) in [6, 6.07) is 8.70. The highest BCUT2D eigenvalue weighted by Gasteiger charge is 2.18. The van der Waals surface area contributed by atoms with Crippen LogP contribution in [-0.4, -0.2) is 41.0 Å². The number of H-pyrrole nitrogens is 2. The molecular formula is C26H21FN8OS. The molecule has 0 bridgehead atoms. The van der Waals surface area contributed by atoms with Crippen molar-refractivity contribution in [3.05, 3.63) is 60.3 Å². The van der Waals surface area contributed by atoms with Gasteiger partial charge in [-0.1, -0.05) is 13.8 Å². The fraction of sp³-hybridized carbons (Fsp3) is 0.154. The highest BCUT2D eigenvalue weighted by Crippen LogP contribution is 2.33. The van der Waals surface area contributed by atoms with E-state index in [-0.39, 0.29) is 17.0 Å². The average Bonchev–Trinajstić information content (AvgIpc) is 3.60. The van der Waals surface area contributed by atoms with E-state index in [0.29, 0.717) is 45.4 Å². The molecule has 0 aromatic carbocycles. The van der Waals surface area contributed by atoms with Crippen molar-refractivity contribution < 1.29 is 9.18 Å². The minimum atomic E-state index is -0.277. The lowest BCUT2D eigenvalue weighted by molar-refractivity contribution is -0.116. The number of amides is 1. The summed E-state index contributed by atoms with van der Waals surface area (Å²) in [6.07, 6.45) is 7.12. The van der Waals surface area contributed by atoms with E-state index >= 15 is 0 Å². The van der Waals surface area contributed by atoms with Crippen molar-refractivity contribution in [2.24, 2.45) is 5.92 Å². The standard InChI is InChI=1S/C26H21FN8OS/c1-13(2)7-22(36)31-15-8-14(10-28-11-15)18-9-16-19(12-30-18)34-35-23(16)26-32-17-5-6-29-25(24(17)33-26)20-3-4-21(27)37-20/h3-6,8-13H,7H2,1-2H3,(H,31,36)(H,32,33)(H,34,35). The number of carbonyl (C=O) groups excluding carboxylic acids is 1. The van der Waals surface area contributed by atoms with Gasteiger partial charge in [0.2, 0.25) is 5.91 Å². The summed E-state index contributed by atoms with van der Waals surface area (Å²) in [5.74, 6) is 0.757. The summed E-state index contributed by atoms with van der Waals surface area (Å²) < 4.78 is 13.6. The predicted octanol–water partition coefficient (Wildman–Crippen LogP) is 5.81. The first-order chi connectivity index (χ1) is 17.9. The molecule has 3 N–H and O–H groups in total. The number of fused-ring (bicyclic) bond motifs is 2. The first kappa shape index (κ1) is 22.9. The number of thiophene rings is 1. The molecule has 11 heteroatoms. The Labute approximate surface area is 214 Å². The Bertz CT molecular complexity index is 1770. The number of imidazole rings is 1. The Morgan fingerprint density at radius 3 is 2.78 bits per heavy atom. The van der Waals surface area contributed by atoms with Crippen LogP contribution in [0.25, 0.3) is 55.3 Å². The van der Waals surface area contributed by atoms with Crippen LogP contribution in [-0.2, 0) is 4.79 Å². The second kappa shape index (κ2) is 9.17. The minimum Gasteiger partial charge on any atom is -0.336 e. The Kier molecular flexibility index (Phi) is 5.68. The van der Waals surface area contributed by atoms with E-state index in [0.717, 1.165) is 33.3 Å². The summed E-state index contributed by atoms with van der Waals surface area (Å²) in [7, 11) is 0. The SMILES string of the molecule is CC(C)CC(=O)Nc1cncc(-c2cc3c(-c4nc5c(-c6ccc(F)s6)nccc5[nH]4)n[nH]c3cn2)c1. The van der Waals surface area contributed by atoms with Gasteiger partial charge in [0.05, 0.1) is 39.7 Å². The molecule has 37 heavy (non-hydrogen) atoms. The van der Waals surface area contributed by atoms with Gasteiger partial charge in [0.25, 0.3) is 0 Å². The number of hydrogen-bond donors (Lipinski definition) is 3. The van der Waals surface area contributed by atoms with Crippen molar-refractivity contribution in [1.82, 2.24) is 35.1 Å². The van der Waals surface area contributed by atoms with Crippen LogP contribution in [0.5, 0.6) is 0 Å². The van der Waals surface area contributed by atoms with Gasteiger partial charge in [-0.05, 0) is 36.2 Å². The molecule has 184 valence electrons. The summed E-state index contributed by atoms with van der Waals surface area (Å²) >= 11 is 1.03. The van der Waals surface area contributed by atoms with E-state index in [1.165, 1.54) is 6.07 Å². The highest BCUT2D eigenvalue weighted by molar-refractivity contribution is 7.13. The number of carbonyl (C=O) groups is 1. The number of nitrogens with one attached hydrogen (secondary N) is 3. The van der Waals surface area contributed by atoms with Gasteiger partial charge >= 0.3 is 0 Å². The topological polar surface area (TPSA) is 125 Å². The molecule has 1 amide bonds. The molecule has 9 nitrogen and oxygen atoms in total. The van der Waals surface area contributed by atoms with Crippen molar-refractivity contribution in [3.8, 4) is 33.3 Å². The monoisotopic (exact) mass is 512 g/mol. The lowest BCUT2D eigenvalue weighted by Crippen LogP contribution is -2.13. The van der Waals surface area contributed by atoms with Crippen LogP contribution in [0, 0.1) is 11.0 Å². The molecule has 6 heterocycles. The molecule has 0 fully saturated rings. The zero-order valence-electron chi connectivity index (χ0n) is 19.9. The van der Waals surface area contributed by atoms with Gasteiger partial charge < -0.3 is 10.3 Å². The van der Waals surface area contributed by atoms with Crippen LogP contribution in [0.1, 0.15) is 20.3 Å². The normalized spacial score (nSPS) is 11.6. The summed E-state index contributed by atoms with van der Waals surface area (Å²) in [6.45, 7) is 3.99. The number of hydrogen-bond acceptors (Lipinski definition) is 7. The third-order valence-corrected chi connectivity index (χ3v) is 6.67. The first-order valence-corrected chi connectivity index (χ1v) is 12.5. The van der Waals surface area contributed by atoms with Crippen LogP contribution < -0.4 is 5.32 Å². The smallest absolute Gasteiger partial charge is 0.224 e. The zero-order chi connectivity index (χ0) is 25.5. The number of halogens is 1. The number of nitrogens with zero attached hydrogens (tertiary/aromatic N) is 5. The van der Waals surface area contributed by atoms with Gasteiger partial charge in [0.15, 0.2) is 11.0 Å². The van der Waals surface area contributed by atoms with Gasteiger partial charge in [0, 0.05) is 29.8 Å². The molecule has 0 unspecified atom stereocenters. The molecule has 6 aromatic heterocycles. The molecule has 0 radical (unpaired) electrons. The molecule has 0 saturated heterocycles. The van der Waals surface area contributed by atoms with Crippen LogP contribution in [0.4, 0.5) is 10.1 Å². The van der Waals surface area contributed by atoms with E-state index in [9.17, 15) is 9.18 Å². The molecule has 0 aliphatic carbocycles. The highest BCUT2D eigenvalue weighted by atomic mass is 32.1. The number of rotatable bonds is 6. The van der Waals surface area contributed by atoms with Gasteiger partial charge in [-0.15, -0.1) is 11.3 Å². The Morgan fingerprint density at radius 1 is 1.08 bits per heavy atom. The quantitative estimate of drug-likeness (QED) is 0.259. The third-order valence-electron chi connectivity index (χ3n) is 5.79. The summed E-state index contributed by atoms with van der Waals surface area (Å²) in [4.78, 5) is 34.2. The maximum atomic E-state index is 13.6. The molecule has 6 aromatic rings. The largest absolute Gasteiger partial charge is 0.336 e. The second-order valence-corrected chi connectivity index (χ2v) is 10.1. The first-order valence-electron chi connectivity index (χ1n) is 11.6. The van der Waals surface area contributed by atoms with Crippen molar-refractivity contribution in [2.75, 3.05) is 5.32 Å². The van der Waals surface area contributed by atoms with Gasteiger partial charge in [-0.25, -0.2) is 4.98 Å². The van der Waals surface area contributed by atoms with E-state index in [1.807, 2.05) is 32.0 Å². The van der Waals surface area contributed by atoms with Crippen molar-refractivity contribution >= 4 is 44.9 Å².